The first kappa shape index (κ1) is 17.3. The normalized spacial score (nSPS) is 13.2. The molecule has 2 atom stereocenters. The Morgan fingerprint density at radius 1 is 0.875 bits per heavy atom. The lowest BCUT2D eigenvalue weighted by Crippen LogP contribution is -2.17. The minimum Gasteiger partial charge on any atom is -0.481 e. The minimum atomic E-state index is -0.870. The molecule has 6 heteroatoms. The average molecular weight is 236 g/mol. The Kier molecular flexibility index (Phi) is 11.2. The molecule has 4 N–H and O–H groups in total. The van der Waals surface area contributed by atoms with Crippen LogP contribution in [0.1, 0.15) is 39.5 Å². The molecule has 0 radical (unpaired) electrons. The van der Waals surface area contributed by atoms with E-state index in [4.69, 9.17) is 20.4 Å². The molecule has 6 nitrogen and oxygen atoms in total. The van der Waals surface area contributed by atoms with E-state index in [1.165, 1.54) is 0 Å². The Hall–Kier alpha value is -1.14. The van der Waals surface area contributed by atoms with Gasteiger partial charge in [-0.2, -0.15) is 0 Å². The zero-order valence-electron chi connectivity index (χ0n) is 9.59. The standard InChI is InChI=1S/C6H10O4.C4H10O2/c7-5(8)3-1-2-4-6(9)10;1-3(5)4(2)6/h1-4H2,(H,7,8)(H,9,10);3-6H,1-2H3. The van der Waals surface area contributed by atoms with Gasteiger partial charge in [-0.15, -0.1) is 0 Å². The molecule has 0 saturated carbocycles. The van der Waals surface area contributed by atoms with Crippen molar-refractivity contribution in [3.63, 3.8) is 0 Å². The molecule has 96 valence electrons. The summed E-state index contributed by atoms with van der Waals surface area (Å²) in [6.07, 6.45) is -0.168. The smallest absolute Gasteiger partial charge is 0.303 e. The number of aliphatic hydroxyl groups excluding tert-OH is 2. The van der Waals surface area contributed by atoms with Crippen LogP contribution in [-0.4, -0.2) is 44.6 Å². The van der Waals surface area contributed by atoms with Crippen LogP contribution in [0, 0.1) is 0 Å². The fourth-order valence-electron chi connectivity index (χ4n) is 0.552. The van der Waals surface area contributed by atoms with Crippen LogP contribution in [0.5, 0.6) is 0 Å². The lowest BCUT2D eigenvalue weighted by Gasteiger charge is -2.03. The molecule has 0 rings (SSSR count). The van der Waals surface area contributed by atoms with Crippen molar-refractivity contribution in [1.29, 1.82) is 0 Å². The molecule has 0 bridgehead atoms. The molecule has 2 unspecified atom stereocenters. The van der Waals surface area contributed by atoms with Crippen LogP contribution in [0.15, 0.2) is 0 Å². The number of carboxylic acid groups (broad SMARTS) is 2. The highest BCUT2D eigenvalue weighted by atomic mass is 16.4. The van der Waals surface area contributed by atoms with E-state index in [2.05, 4.69) is 0 Å². The van der Waals surface area contributed by atoms with Crippen LogP contribution in [0.3, 0.4) is 0 Å². The molecule has 0 aromatic heterocycles. The van der Waals surface area contributed by atoms with Crippen molar-refractivity contribution < 1.29 is 30.0 Å². The number of hydrogen-bond acceptors (Lipinski definition) is 4. The third-order valence-electron chi connectivity index (χ3n) is 1.73. The molecule has 16 heavy (non-hydrogen) atoms. The number of aliphatic carboxylic acids is 2. The summed E-state index contributed by atoms with van der Waals surface area (Å²) in [5, 5.41) is 33.0. The van der Waals surface area contributed by atoms with E-state index >= 15 is 0 Å². The number of hydrogen-bond donors (Lipinski definition) is 4. The number of aliphatic hydroxyl groups is 2. The molecule has 0 spiro atoms. The minimum absolute atomic E-state index is 0.0628. The Labute approximate surface area is 94.5 Å². The van der Waals surface area contributed by atoms with E-state index in [-0.39, 0.29) is 12.8 Å². The van der Waals surface area contributed by atoms with Crippen LogP contribution in [0.2, 0.25) is 0 Å². The van der Waals surface area contributed by atoms with Crippen molar-refractivity contribution in [2.75, 3.05) is 0 Å². The Morgan fingerprint density at radius 2 is 1.12 bits per heavy atom. The predicted molar refractivity (Wildman–Crippen MR) is 57.1 cm³/mol. The van der Waals surface area contributed by atoms with Crippen molar-refractivity contribution in [3.8, 4) is 0 Å². The summed E-state index contributed by atoms with van der Waals surface area (Å²) in [6, 6.07) is 0. The molecule has 0 fully saturated rings. The van der Waals surface area contributed by atoms with Crippen molar-refractivity contribution in [2.24, 2.45) is 0 Å². The molecule has 0 heterocycles. The van der Waals surface area contributed by atoms with Gasteiger partial charge >= 0.3 is 11.9 Å². The molecule has 0 aromatic carbocycles. The van der Waals surface area contributed by atoms with Crippen molar-refractivity contribution in [2.45, 2.75) is 51.7 Å². The maximum Gasteiger partial charge on any atom is 0.303 e. The van der Waals surface area contributed by atoms with Gasteiger partial charge in [0.1, 0.15) is 0 Å². The summed E-state index contributed by atoms with van der Waals surface area (Å²) < 4.78 is 0. The van der Waals surface area contributed by atoms with Crippen molar-refractivity contribution >= 4 is 11.9 Å². The molecule has 0 aliphatic rings. The Balaban J connectivity index is 0. The predicted octanol–water partition coefficient (Wildman–Crippen LogP) is 0.464. The number of rotatable bonds is 6. The highest BCUT2D eigenvalue weighted by Gasteiger charge is 2.00. The quantitative estimate of drug-likeness (QED) is 0.498. The van der Waals surface area contributed by atoms with Gasteiger partial charge in [0.05, 0.1) is 12.2 Å². The van der Waals surface area contributed by atoms with Crippen LogP contribution < -0.4 is 0 Å². The van der Waals surface area contributed by atoms with Crippen molar-refractivity contribution in [1.82, 2.24) is 0 Å². The monoisotopic (exact) mass is 236 g/mol. The van der Waals surface area contributed by atoms with Gasteiger partial charge in [0.2, 0.25) is 0 Å². The topological polar surface area (TPSA) is 115 Å². The third-order valence-corrected chi connectivity index (χ3v) is 1.73. The average Bonchev–Trinajstić information content (AvgIpc) is 2.12. The molecule has 0 amide bonds. The zero-order chi connectivity index (χ0) is 13.1. The summed E-state index contributed by atoms with van der Waals surface area (Å²) >= 11 is 0. The van der Waals surface area contributed by atoms with Gasteiger partial charge in [-0.25, -0.2) is 0 Å². The highest BCUT2D eigenvalue weighted by molar-refractivity contribution is 5.67. The van der Waals surface area contributed by atoms with E-state index in [1.807, 2.05) is 0 Å². The van der Waals surface area contributed by atoms with Gasteiger partial charge in [-0.1, -0.05) is 0 Å². The first-order chi connectivity index (χ1) is 7.27. The highest BCUT2D eigenvalue weighted by Crippen LogP contribution is 1.98. The molecule has 0 saturated heterocycles. The van der Waals surface area contributed by atoms with Gasteiger partial charge in [0.15, 0.2) is 0 Å². The molecule has 0 aliphatic heterocycles. The number of carboxylic acids is 2. The number of carbonyl (C=O) groups is 2. The van der Waals surface area contributed by atoms with Gasteiger partial charge in [-0.3, -0.25) is 9.59 Å². The lowest BCUT2D eigenvalue weighted by molar-refractivity contribution is -0.139. The third kappa shape index (κ3) is 18.6. The fourth-order valence-corrected chi connectivity index (χ4v) is 0.552. The van der Waals surface area contributed by atoms with Gasteiger partial charge in [0, 0.05) is 12.8 Å². The van der Waals surface area contributed by atoms with Crippen LogP contribution >= 0.6 is 0 Å². The second kappa shape index (κ2) is 10.4. The second-order valence-corrected chi connectivity index (χ2v) is 3.48. The van der Waals surface area contributed by atoms with E-state index in [9.17, 15) is 9.59 Å². The van der Waals surface area contributed by atoms with Gasteiger partial charge < -0.3 is 20.4 Å². The summed E-state index contributed by atoms with van der Waals surface area (Å²) in [6.45, 7) is 3.09. The first-order valence-corrected chi connectivity index (χ1v) is 5.07. The van der Waals surface area contributed by atoms with Crippen LogP contribution in [0.4, 0.5) is 0 Å². The van der Waals surface area contributed by atoms with E-state index in [0.717, 1.165) is 0 Å². The maximum absolute atomic E-state index is 9.90. The van der Waals surface area contributed by atoms with E-state index in [1.54, 1.807) is 13.8 Å². The fraction of sp³-hybridized carbons (Fsp3) is 0.800. The summed E-state index contributed by atoms with van der Waals surface area (Å²) in [4.78, 5) is 19.8. The van der Waals surface area contributed by atoms with Gasteiger partial charge in [-0.05, 0) is 26.7 Å². The molecule has 0 aromatic rings. The summed E-state index contributed by atoms with van der Waals surface area (Å²) in [5.74, 6) is -1.74. The SMILES string of the molecule is CC(O)C(C)O.O=C(O)CCCCC(=O)O. The van der Waals surface area contributed by atoms with Crippen molar-refractivity contribution in [3.05, 3.63) is 0 Å². The molecular formula is C10H20O6. The largest absolute Gasteiger partial charge is 0.481 e. The Morgan fingerprint density at radius 3 is 1.25 bits per heavy atom. The maximum atomic E-state index is 9.90. The molecular weight excluding hydrogens is 216 g/mol. The summed E-state index contributed by atoms with van der Waals surface area (Å²) in [7, 11) is 0. The Bertz CT molecular complexity index is 177. The van der Waals surface area contributed by atoms with E-state index < -0.39 is 24.1 Å². The molecule has 0 aliphatic carbocycles. The first-order valence-electron chi connectivity index (χ1n) is 5.07. The zero-order valence-corrected chi connectivity index (χ0v) is 9.59. The van der Waals surface area contributed by atoms with Crippen LogP contribution in [0.25, 0.3) is 0 Å². The second-order valence-electron chi connectivity index (χ2n) is 3.48. The summed E-state index contributed by atoms with van der Waals surface area (Å²) in [5.41, 5.74) is 0. The van der Waals surface area contributed by atoms with Crippen LogP contribution in [-0.2, 0) is 9.59 Å². The number of unbranched alkanes of at least 4 members (excludes halogenated alkanes) is 1. The van der Waals surface area contributed by atoms with Gasteiger partial charge in [0.25, 0.3) is 0 Å². The lowest BCUT2D eigenvalue weighted by atomic mass is 10.2. The van der Waals surface area contributed by atoms with E-state index in [0.29, 0.717) is 12.8 Å².